The molecule has 0 aromatic heterocycles. The van der Waals surface area contributed by atoms with Gasteiger partial charge in [-0.15, -0.1) is 0 Å². The number of ether oxygens (including phenoxy) is 1. The fourth-order valence-corrected chi connectivity index (χ4v) is 3.23. The van der Waals surface area contributed by atoms with Crippen molar-refractivity contribution in [2.24, 2.45) is 11.7 Å². The lowest BCUT2D eigenvalue weighted by Gasteiger charge is -2.23. The summed E-state index contributed by atoms with van der Waals surface area (Å²) in [5.41, 5.74) is 5.98. The van der Waals surface area contributed by atoms with Crippen LogP contribution in [-0.4, -0.2) is 76.1 Å². The lowest BCUT2D eigenvalue weighted by atomic mass is 9.82. The molecule has 1 unspecified atom stereocenters. The Balaban J connectivity index is 0. The number of hydrogen-bond acceptors (Lipinski definition) is 5. The molecule has 0 radical (unpaired) electrons. The maximum Gasteiger partial charge on any atom is 0.314 e. The van der Waals surface area contributed by atoms with Gasteiger partial charge in [-0.2, -0.15) is 0 Å². The van der Waals surface area contributed by atoms with Gasteiger partial charge in [0.2, 0.25) is 0 Å². The quantitative estimate of drug-likeness (QED) is 0.378. The zero-order valence-corrected chi connectivity index (χ0v) is 19.3. The first kappa shape index (κ1) is 27.4. The van der Waals surface area contributed by atoms with Crippen molar-refractivity contribution in [2.75, 3.05) is 54.5 Å². The predicted octanol–water partition coefficient (Wildman–Crippen LogP) is 3.25. The average Bonchev–Trinajstić information content (AvgIpc) is 2.67. The molecule has 1 aliphatic rings. The number of rotatable bonds is 12. The molecule has 172 valence electrons. The number of hydrogen-bond donors (Lipinski definition) is 2. The highest BCUT2D eigenvalue weighted by molar-refractivity contribution is 5.96. The maximum absolute atomic E-state index is 12.0. The predicted molar refractivity (Wildman–Crippen MR) is 122 cm³/mol. The van der Waals surface area contributed by atoms with Gasteiger partial charge in [-0.3, -0.25) is 4.79 Å². The van der Waals surface area contributed by atoms with Crippen molar-refractivity contribution in [1.29, 1.82) is 0 Å². The van der Waals surface area contributed by atoms with Crippen LogP contribution in [0.3, 0.4) is 0 Å². The number of amides is 2. The summed E-state index contributed by atoms with van der Waals surface area (Å²) in [4.78, 5) is 25.8. The van der Waals surface area contributed by atoms with E-state index in [1.54, 1.807) is 14.2 Å². The molecule has 1 atom stereocenters. The number of methoxy groups -OCH3 is 1. The molecule has 0 aliphatic heterocycles. The summed E-state index contributed by atoms with van der Waals surface area (Å²) in [5, 5.41) is 3.43. The Kier molecular flexibility index (Phi) is 16.3. The molecule has 0 aromatic carbocycles. The topological polar surface area (TPSA) is 87.9 Å². The van der Waals surface area contributed by atoms with Crippen molar-refractivity contribution in [3.63, 3.8) is 0 Å². The molecular formula is C22H46N4O3. The minimum atomic E-state index is -0.392. The minimum absolute atomic E-state index is 0. The summed E-state index contributed by atoms with van der Waals surface area (Å²) in [5.74, 6) is 0.993. The van der Waals surface area contributed by atoms with Crippen LogP contribution in [0.4, 0.5) is 4.79 Å². The molecule has 29 heavy (non-hydrogen) atoms. The third-order valence-electron chi connectivity index (χ3n) is 4.93. The van der Waals surface area contributed by atoms with E-state index in [1.165, 1.54) is 37.0 Å². The smallest absolute Gasteiger partial charge is 0.314 e. The molecule has 0 bridgehead atoms. The van der Waals surface area contributed by atoms with Gasteiger partial charge < -0.3 is 25.6 Å². The number of allylic oxidation sites excluding steroid dienone is 1. The SMILES string of the molecule is CCCNCCCCC1CC/C(=C\N(C)C)C(=O)C1.COCCCN(C)C(N)=O.[HH]. The van der Waals surface area contributed by atoms with E-state index in [0.717, 1.165) is 37.9 Å². The fourth-order valence-electron chi connectivity index (χ4n) is 3.23. The average molecular weight is 415 g/mol. The first-order chi connectivity index (χ1) is 13.8. The molecule has 1 saturated carbocycles. The number of Topliss-reactive ketones (excluding diaryl/α,β-unsaturated/α-hetero) is 1. The van der Waals surface area contributed by atoms with Gasteiger partial charge in [-0.05, 0) is 57.5 Å². The third kappa shape index (κ3) is 15.0. The van der Waals surface area contributed by atoms with Crippen molar-refractivity contribution < 1.29 is 15.8 Å². The number of carbonyl (C=O) groups excluding carboxylic acids is 2. The number of unbranched alkanes of at least 4 members (excludes halogenated alkanes) is 1. The molecule has 2 amide bonds. The number of urea groups is 1. The lowest BCUT2D eigenvalue weighted by molar-refractivity contribution is -0.117. The summed E-state index contributed by atoms with van der Waals surface area (Å²) in [7, 11) is 7.26. The van der Waals surface area contributed by atoms with Crippen LogP contribution in [0.1, 0.15) is 59.7 Å². The third-order valence-corrected chi connectivity index (χ3v) is 4.93. The van der Waals surface area contributed by atoms with Gasteiger partial charge in [0.15, 0.2) is 5.78 Å². The highest BCUT2D eigenvalue weighted by Crippen LogP contribution is 2.29. The molecule has 3 N–H and O–H groups in total. The molecule has 0 saturated heterocycles. The second-order valence-corrected chi connectivity index (χ2v) is 8.00. The summed E-state index contributed by atoms with van der Waals surface area (Å²) in [6.07, 6.45) is 10.7. The molecule has 0 spiro atoms. The van der Waals surface area contributed by atoms with E-state index in [9.17, 15) is 9.59 Å². The fraction of sp³-hybridized carbons (Fsp3) is 0.818. The summed E-state index contributed by atoms with van der Waals surface area (Å²) in [6.45, 7) is 5.77. The van der Waals surface area contributed by atoms with Gasteiger partial charge in [0, 0.05) is 61.0 Å². The summed E-state index contributed by atoms with van der Waals surface area (Å²) < 4.78 is 4.79. The van der Waals surface area contributed by atoms with Crippen molar-refractivity contribution in [1.82, 2.24) is 15.1 Å². The lowest BCUT2D eigenvalue weighted by Crippen LogP contribution is -2.33. The van der Waals surface area contributed by atoms with Crippen LogP contribution in [0, 0.1) is 5.92 Å². The Morgan fingerprint density at radius 1 is 1.28 bits per heavy atom. The number of nitrogens with zero attached hydrogens (tertiary/aromatic N) is 2. The Morgan fingerprint density at radius 2 is 2.00 bits per heavy atom. The Hall–Kier alpha value is -1.60. The number of nitrogens with two attached hydrogens (primary N) is 1. The summed E-state index contributed by atoms with van der Waals surface area (Å²) >= 11 is 0. The molecule has 1 aliphatic carbocycles. The largest absolute Gasteiger partial charge is 0.385 e. The number of carbonyl (C=O) groups is 2. The molecule has 1 fully saturated rings. The zero-order valence-electron chi connectivity index (χ0n) is 19.3. The van der Waals surface area contributed by atoms with Crippen LogP contribution in [0.15, 0.2) is 11.8 Å². The second-order valence-electron chi connectivity index (χ2n) is 8.00. The van der Waals surface area contributed by atoms with Crippen LogP contribution < -0.4 is 11.1 Å². The van der Waals surface area contributed by atoms with E-state index in [1.807, 2.05) is 25.2 Å². The molecular weight excluding hydrogens is 368 g/mol. The van der Waals surface area contributed by atoms with Crippen LogP contribution in [0.2, 0.25) is 0 Å². The van der Waals surface area contributed by atoms with E-state index >= 15 is 0 Å². The van der Waals surface area contributed by atoms with Gasteiger partial charge in [0.05, 0.1) is 0 Å². The van der Waals surface area contributed by atoms with E-state index in [-0.39, 0.29) is 1.43 Å². The van der Waals surface area contributed by atoms with Crippen LogP contribution in [0.25, 0.3) is 0 Å². The van der Waals surface area contributed by atoms with Crippen molar-refractivity contribution in [2.45, 2.75) is 58.3 Å². The monoisotopic (exact) mass is 414 g/mol. The maximum atomic E-state index is 12.0. The van der Waals surface area contributed by atoms with E-state index < -0.39 is 6.03 Å². The number of ketones is 1. The summed E-state index contributed by atoms with van der Waals surface area (Å²) in [6, 6.07) is -0.392. The van der Waals surface area contributed by atoms with E-state index in [2.05, 4.69) is 12.2 Å². The van der Waals surface area contributed by atoms with Crippen LogP contribution in [0.5, 0.6) is 0 Å². The number of nitrogens with one attached hydrogen (secondary N) is 1. The van der Waals surface area contributed by atoms with Crippen molar-refractivity contribution >= 4 is 11.8 Å². The first-order valence-electron chi connectivity index (χ1n) is 10.9. The van der Waals surface area contributed by atoms with Gasteiger partial charge in [0.1, 0.15) is 0 Å². The van der Waals surface area contributed by atoms with Crippen molar-refractivity contribution in [3.05, 3.63) is 11.8 Å². The molecule has 1 rings (SSSR count). The van der Waals surface area contributed by atoms with Crippen LogP contribution >= 0.6 is 0 Å². The van der Waals surface area contributed by atoms with Crippen LogP contribution in [-0.2, 0) is 9.53 Å². The van der Waals surface area contributed by atoms with Gasteiger partial charge in [-0.25, -0.2) is 4.79 Å². The molecule has 7 heteroatoms. The number of primary amides is 1. The Bertz CT molecular complexity index is 487. The standard InChI is InChI=1S/C16H30N2O.C6H14N2O2.H2/c1-4-10-17-11-6-5-7-14-8-9-15(13-18(2)3)16(19)12-14;1-8(6(7)9)4-3-5-10-2;/h13-14,17H,4-12H2,1-3H3;3-5H2,1-2H3,(H2,7,9);1H/b15-13+;;. The second kappa shape index (κ2) is 17.3. The van der Waals surface area contributed by atoms with E-state index in [0.29, 0.717) is 24.9 Å². The van der Waals surface area contributed by atoms with Gasteiger partial charge >= 0.3 is 6.03 Å². The highest BCUT2D eigenvalue weighted by Gasteiger charge is 2.23. The minimum Gasteiger partial charge on any atom is -0.385 e. The molecule has 7 nitrogen and oxygen atoms in total. The van der Waals surface area contributed by atoms with Gasteiger partial charge in [0.25, 0.3) is 0 Å². The van der Waals surface area contributed by atoms with E-state index in [4.69, 9.17) is 10.5 Å². The Labute approximate surface area is 179 Å². The molecule has 0 aromatic rings. The normalized spacial score (nSPS) is 17.6. The first-order valence-corrected chi connectivity index (χ1v) is 10.9. The van der Waals surface area contributed by atoms with Crippen molar-refractivity contribution in [3.8, 4) is 0 Å². The zero-order chi connectivity index (χ0) is 22.1. The van der Waals surface area contributed by atoms with Gasteiger partial charge in [-0.1, -0.05) is 13.3 Å². The molecule has 0 heterocycles. The Morgan fingerprint density at radius 3 is 2.55 bits per heavy atom. The highest BCUT2D eigenvalue weighted by atomic mass is 16.5.